The van der Waals surface area contributed by atoms with E-state index >= 15 is 0 Å². The van der Waals surface area contributed by atoms with Crippen LogP contribution in [-0.4, -0.2) is 22.3 Å². The number of hydrogen-bond acceptors (Lipinski definition) is 4. The first-order chi connectivity index (χ1) is 12.9. The lowest BCUT2D eigenvalue weighted by molar-refractivity contribution is -0.232. The van der Waals surface area contributed by atoms with Crippen molar-refractivity contribution in [3.63, 3.8) is 0 Å². The van der Waals surface area contributed by atoms with Crippen LogP contribution in [0.3, 0.4) is 0 Å². The van der Waals surface area contributed by atoms with E-state index < -0.39 is 17.7 Å². The maximum Gasteiger partial charge on any atom is 0.348 e. The first kappa shape index (κ1) is 17.6. The van der Waals surface area contributed by atoms with Crippen LogP contribution in [0.2, 0.25) is 0 Å². The van der Waals surface area contributed by atoms with Crippen molar-refractivity contribution in [3.8, 4) is 5.69 Å². The van der Waals surface area contributed by atoms with Crippen molar-refractivity contribution in [2.75, 3.05) is 0 Å². The summed E-state index contributed by atoms with van der Waals surface area (Å²) in [7, 11) is 0. The molecule has 0 bridgehead atoms. The van der Waals surface area contributed by atoms with E-state index in [0.717, 1.165) is 35.5 Å². The lowest BCUT2D eigenvalue weighted by Gasteiger charge is -2.32. The number of ether oxygens (including phenoxy) is 2. The third kappa shape index (κ3) is 3.07. The average molecular weight is 365 g/mol. The third-order valence-electron chi connectivity index (χ3n) is 5.42. The predicted molar refractivity (Wildman–Crippen MR) is 101 cm³/mol. The first-order valence-electron chi connectivity index (χ1n) is 9.33. The molecule has 1 saturated carbocycles. The highest BCUT2D eigenvalue weighted by atomic mass is 16.7. The summed E-state index contributed by atoms with van der Waals surface area (Å²) >= 11 is 0. The number of aromatic nitrogens is 1. The van der Waals surface area contributed by atoms with E-state index in [1.165, 1.54) is 5.56 Å². The molecule has 1 aliphatic carbocycles. The molecule has 0 amide bonds. The molecule has 1 aromatic heterocycles. The fraction of sp³-hybridized carbons (Fsp3) is 0.364. The summed E-state index contributed by atoms with van der Waals surface area (Å²) in [5, 5.41) is 0. The standard InChI is InChI=1S/C22H23NO4/c1-14-6-8-18(9-7-14)23-15(2)12-17(16(23)3)13-19-20(24)26-22(27-21(19)25)10-4-5-11-22/h6-9,12-13H,4-5,10-11H2,1-3H3. The smallest absolute Gasteiger partial charge is 0.348 e. The Labute approximate surface area is 158 Å². The number of esters is 2. The van der Waals surface area contributed by atoms with E-state index in [9.17, 15) is 9.59 Å². The van der Waals surface area contributed by atoms with Crippen molar-refractivity contribution >= 4 is 18.0 Å². The number of carbonyl (C=O) groups excluding carboxylic acids is 2. The van der Waals surface area contributed by atoms with Crippen molar-refractivity contribution < 1.29 is 19.1 Å². The molecule has 1 spiro atoms. The second-order valence-electron chi connectivity index (χ2n) is 7.45. The molecule has 0 atom stereocenters. The number of rotatable bonds is 2. The molecule has 0 radical (unpaired) electrons. The summed E-state index contributed by atoms with van der Waals surface area (Å²) in [6.45, 7) is 6.02. The molecule has 0 N–H and O–H groups in total. The molecule has 1 saturated heterocycles. The summed E-state index contributed by atoms with van der Waals surface area (Å²) in [6.07, 6.45) is 4.55. The van der Waals surface area contributed by atoms with Gasteiger partial charge in [-0.1, -0.05) is 17.7 Å². The molecule has 1 aliphatic heterocycles. The number of aryl methyl sites for hydroxylation is 2. The normalized spacial score (nSPS) is 18.6. The van der Waals surface area contributed by atoms with Gasteiger partial charge in [0.05, 0.1) is 0 Å². The minimum atomic E-state index is -1.04. The second-order valence-corrected chi connectivity index (χ2v) is 7.45. The molecule has 2 fully saturated rings. The maximum absolute atomic E-state index is 12.5. The third-order valence-corrected chi connectivity index (χ3v) is 5.42. The van der Waals surface area contributed by atoms with Gasteiger partial charge in [-0.15, -0.1) is 0 Å². The number of nitrogens with zero attached hydrogens (tertiary/aromatic N) is 1. The van der Waals surface area contributed by atoms with Gasteiger partial charge in [-0.25, -0.2) is 9.59 Å². The molecule has 5 heteroatoms. The molecule has 2 aromatic rings. The van der Waals surface area contributed by atoms with Crippen LogP contribution in [0.1, 0.15) is 48.2 Å². The Kier molecular flexibility index (Phi) is 4.17. The predicted octanol–water partition coefficient (Wildman–Crippen LogP) is 4.16. The summed E-state index contributed by atoms with van der Waals surface area (Å²) in [6, 6.07) is 10.2. The largest absolute Gasteiger partial charge is 0.419 e. The Morgan fingerprint density at radius 1 is 0.963 bits per heavy atom. The molecular formula is C22H23NO4. The number of carbonyl (C=O) groups is 2. The number of benzene rings is 1. The van der Waals surface area contributed by atoms with E-state index in [-0.39, 0.29) is 5.57 Å². The quantitative estimate of drug-likeness (QED) is 0.456. The second kappa shape index (κ2) is 6.41. The van der Waals surface area contributed by atoms with Gasteiger partial charge in [0.15, 0.2) is 0 Å². The summed E-state index contributed by atoms with van der Waals surface area (Å²) in [5.74, 6) is -2.22. The van der Waals surface area contributed by atoms with Crippen LogP contribution < -0.4 is 0 Å². The van der Waals surface area contributed by atoms with E-state index in [0.29, 0.717) is 12.8 Å². The van der Waals surface area contributed by atoms with Gasteiger partial charge in [-0.3, -0.25) is 0 Å². The minimum absolute atomic E-state index is 0.0447. The van der Waals surface area contributed by atoms with Crippen molar-refractivity contribution in [1.82, 2.24) is 4.57 Å². The highest BCUT2D eigenvalue weighted by Crippen LogP contribution is 2.39. The molecule has 27 heavy (non-hydrogen) atoms. The van der Waals surface area contributed by atoms with Crippen LogP contribution in [0.25, 0.3) is 11.8 Å². The van der Waals surface area contributed by atoms with Gasteiger partial charge in [-0.2, -0.15) is 0 Å². The van der Waals surface area contributed by atoms with E-state index in [4.69, 9.17) is 9.47 Å². The molecule has 5 nitrogen and oxygen atoms in total. The van der Waals surface area contributed by atoms with Crippen molar-refractivity contribution in [1.29, 1.82) is 0 Å². The monoisotopic (exact) mass is 365 g/mol. The molecule has 2 heterocycles. The summed E-state index contributed by atoms with van der Waals surface area (Å²) in [4.78, 5) is 25.0. The van der Waals surface area contributed by atoms with E-state index in [1.54, 1.807) is 6.08 Å². The molecule has 1 aromatic carbocycles. The Morgan fingerprint density at radius 3 is 2.15 bits per heavy atom. The topological polar surface area (TPSA) is 57.5 Å². The fourth-order valence-electron chi connectivity index (χ4n) is 3.97. The van der Waals surface area contributed by atoms with Crippen molar-refractivity contribution in [2.24, 2.45) is 0 Å². The van der Waals surface area contributed by atoms with Crippen molar-refractivity contribution in [3.05, 3.63) is 58.4 Å². The lowest BCUT2D eigenvalue weighted by Crippen LogP contribution is -2.44. The van der Waals surface area contributed by atoms with Gasteiger partial charge < -0.3 is 14.0 Å². The Morgan fingerprint density at radius 2 is 1.56 bits per heavy atom. The summed E-state index contributed by atoms with van der Waals surface area (Å²) in [5.41, 5.74) is 4.96. The van der Waals surface area contributed by atoms with Crippen LogP contribution in [0, 0.1) is 20.8 Å². The van der Waals surface area contributed by atoms with E-state index in [2.05, 4.69) is 28.8 Å². The Hall–Kier alpha value is -2.82. The molecule has 2 aliphatic rings. The molecule has 0 unspecified atom stereocenters. The van der Waals surface area contributed by atoms with Crippen molar-refractivity contribution in [2.45, 2.75) is 52.2 Å². The average Bonchev–Trinajstić information content (AvgIpc) is 3.17. The number of hydrogen-bond donors (Lipinski definition) is 0. The van der Waals surface area contributed by atoms with Gasteiger partial charge in [0.1, 0.15) is 5.57 Å². The summed E-state index contributed by atoms with van der Waals surface area (Å²) < 4.78 is 13.1. The lowest BCUT2D eigenvalue weighted by atomic mass is 10.1. The first-order valence-corrected chi connectivity index (χ1v) is 9.33. The van der Waals surface area contributed by atoms with Gasteiger partial charge in [-0.05, 0) is 63.5 Å². The maximum atomic E-state index is 12.5. The Balaban J connectivity index is 1.68. The van der Waals surface area contributed by atoms with Crippen LogP contribution >= 0.6 is 0 Å². The van der Waals surface area contributed by atoms with Gasteiger partial charge in [0.2, 0.25) is 0 Å². The zero-order chi connectivity index (χ0) is 19.2. The zero-order valence-electron chi connectivity index (χ0n) is 15.9. The van der Waals surface area contributed by atoms with Crippen LogP contribution in [0.15, 0.2) is 35.9 Å². The van der Waals surface area contributed by atoms with Gasteiger partial charge in [0, 0.05) is 29.9 Å². The molecule has 140 valence electrons. The SMILES string of the molecule is Cc1ccc(-n2c(C)cc(C=C3C(=O)OC4(CCCC4)OC3=O)c2C)cc1. The van der Waals surface area contributed by atoms with Crippen LogP contribution in [0.4, 0.5) is 0 Å². The molecule has 4 rings (SSSR count). The molecular weight excluding hydrogens is 342 g/mol. The highest BCUT2D eigenvalue weighted by Gasteiger charge is 2.47. The van der Waals surface area contributed by atoms with Gasteiger partial charge in [0.25, 0.3) is 5.79 Å². The van der Waals surface area contributed by atoms with E-state index in [1.807, 2.05) is 26.8 Å². The zero-order valence-corrected chi connectivity index (χ0v) is 15.9. The highest BCUT2D eigenvalue weighted by molar-refractivity contribution is 6.19. The Bertz CT molecular complexity index is 921. The van der Waals surface area contributed by atoms with Gasteiger partial charge >= 0.3 is 11.9 Å². The van der Waals surface area contributed by atoms with Crippen LogP contribution in [-0.2, 0) is 19.1 Å². The van der Waals surface area contributed by atoms with Crippen LogP contribution in [0.5, 0.6) is 0 Å². The minimum Gasteiger partial charge on any atom is -0.419 e. The fourth-order valence-corrected chi connectivity index (χ4v) is 3.97.